The van der Waals surface area contributed by atoms with Gasteiger partial charge in [-0.1, -0.05) is 11.6 Å². The quantitative estimate of drug-likeness (QED) is 0.693. The highest BCUT2D eigenvalue weighted by Gasteiger charge is 2.12. The lowest BCUT2D eigenvalue weighted by Gasteiger charge is -2.05. The fourth-order valence-corrected chi connectivity index (χ4v) is 1.47. The summed E-state index contributed by atoms with van der Waals surface area (Å²) in [6.45, 7) is 1.87. The molecule has 1 aromatic heterocycles. The zero-order valence-corrected chi connectivity index (χ0v) is 8.06. The van der Waals surface area contributed by atoms with Crippen LogP contribution in [0.15, 0.2) is 18.2 Å². The van der Waals surface area contributed by atoms with E-state index in [4.69, 9.17) is 0 Å². The van der Waals surface area contributed by atoms with Crippen molar-refractivity contribution < 1.29 is 15.0 Å². The van der Waals surface area contributed by atoms with E-state index in [1.165, 1.54) is 0 Å². The minimum atomic E-state index is -0.446. The standard InChI is InChI=1S/C11H9NO3/c1-6-2-3-9-7(4-6)10(14)8(5-13)11(15)12-9/h2-5H,1H3,(H2,12,14,15). The van der Waals surface area contributed by atoms with Gasteiger partial charge in [-0.25, -0.2) is 4.98 Å². The van der Waals surface area contributed by atoms with Crippen LogP contribution in [0.4, 0.5) is 0 Å². The number of fused-ring (bicyclic) bond motifs is 1. The van der Waals surface area contributed by atoms with Crippen molar-refractivity contribution in [3.8, 4) is 11.6 Å². The Bertz CT molecular complexity index is 549. The van der Waals surface area contributed by atoms with Crippen LogP contribution in [0.25, 0.3) is 10.9 Å². The van der Waals surface area contributed by atoms with Gasteiger partial charge >= 0.3 is 0 Å². The highest BCUT2D eigenvalue weighted by atomic mass is 16.3. The van der Waals surface area contributed by atoms with Gasteiger partial charge in [0.25, 0.3) is 0 Å². The van der Waals surface area contributed by atoms with Crippen LogP contribution >= 0.6 is 0 Å². The van der Waals surface area contributed by atoms with E-state index in [1.807, 2.05) is 13.0 Å². The number of aryl methyl sites for hydroxylation is 1. The number of nitrogens with zero attached hydrogens (tertiary/aromatic N) is 1. The SMILES string of the molecule is Cc1ccc2nc(O)c(C=O)c(O)c2c1. The van der Waals surface area contributed by atoms with E-state index in [9.17, 15) is 15.0 Å². The summed E-state index contributed by atoms with van der Waals surface area (Å²) in [6, 6.07) is 5.21. The van der Waals surface area contributed by atoms with E-state index >= 15 is 0 Å². The van der Waals surface area contributed by atoms with Crippen molar-refractivity contribution in [1.82, 2.24) is 4.98 Å². The third kappa shape index (κ3) is 1.40. The third-order valence-corrected chi connectivity index (χ3v) is 2.25. The topological polar surface area (TPSA) is 70.4 Å². The summed E-state index contributed by atoms with van der Waals surface area (Å²) in [4.78, 5) is 14.4. The molecule has 0 aliphatic carbocycles. The van der Waals surface area contributed by atoms with Crippen molar-refractivity contribution in [3.05, 3.63) is 29.3 Å². The lowest BCUT2D eigenvalue weighted by molar-refractivity contribution is 0.111. The first-order valence-corrected chi connectivity index (χ1v) is 4.41. The van der Waals surface area contributed by atoms with E-state index in [0.29, 0.717) is 17.2 Å². The molecule has 0 fully saturated rings. The number of hydrogen-bond donors (Lipinski definition) is 2. The van der Waals surface area contributed by atoms with Crippen LogP contribution in [-0.2, 0) is 0 Å². The highest BCUT2D eigenvalue weighted by molar-refractivity contribution is 5.95. The second-order valence-corrected chi connectivity index (χ2v) is 3.34. The van der Waals surface area contributed by atoms with Gasteiger partial charge in [0, 0.05) is 5.39 Å². The Morgan fingerprint density at radius 2 is 2.07 bits per heavy atom. The molecule has 0 atom stereocenters. The van der Waals surface area contributed by atoms with Crippen molar-refractivity contribution in [2.24, 2.45) is 0 Å². The van der Waals surface area contributed by atoms with E-state index in [0.717, 1.165) is 5.56 Å². The number of carbonyl (C=O) groups is 1. The molecule has 1 heterocycles. The first kappa shape index (κ1) is 9.45. The number of pyridine rings is 1. The summed E-state index contributed by atoms with van der Waals surface area (Å²) in [6.07, 6.45) is 0.388. The van der Waals surface area contributed by atoms with Crippen LogP contribution in [0.5, 0.6) is 11.6 Å². The molecule has 0 bridgehead atoms. The molecular formula is C11H9NO3. The fraction of sp³-hybridized carbons (Fsp3) is 0.0909. The van der Waals surface area contributed by atoms with Crippen molar-refractivity contribution in [2.45, 2.75) is 6.92 Å². The Hall–Kier alpha value is -2.10. The van der Waals surface area contributed by atoms with Crippen LogP contribution in [0.3, 0.4) is 0 Å². The molecule has 15 heavy (non-hydrogen) atoms. The summed E-state index contributed by atoms with van der Waals surface area (Å²) in [5, 5.41) is 19.5. The molecule has 0 unspecified atom stereocenters. The highest BCUT2D eigenvalue weighted by Crippen LogP contribution is 2.31. The van der Waals surface area contributed by atoms with Gasteiger partial charge < -0.3 is 10.2 Å². The molecule has 0 saturated heterocycles. The van der Waals surface area contributed by atoms with Gasteiger partial charge in [-0.2, -0.15) is 0 Å². The number of rotatable bonds is 1. The largest absolute Gasteiger partial charge is 0.506 e. The Morgan fingerprint density at radius 3 is 2.73 bits per heavy atom. The Kier molecular flexibility index (Phi) is 2.04. The Balaban J connectivity index is 2.92. The van der Waals surface area contributed by atoms with E-state index < -0.39 is 5.88 Å². The fourth-order valence-electron chi connectivity index (χ4n) is 1.47. The molecule has 0 aliphatic heterocycles. The molecule has 2 N–H and O–H groups in total. The summed E-state index contributed by atoms with van der Waals surface area (Å²) in [5.74, 6) is -0.671. The molecule has 0 aliphatic rings. The molecule has 0 spiro atoms. The lowest BCUT2D eigenvalue weighted by atomic mass is 10.1. The number of hydrogen-bond acceptors (Lipinski definition) is 4. The predicted molar refractivity (Wildman–Crippen MR) is 55.2 cm³/mol. The Labute approximate surface area is 85.8 Å². The molecule has 76 valence electrons. The molecule has 2 aromatic rings. The van der Waals surface area contributed by atoms with Crippen LogP contribution in [-0.4, -0.2) is 21.5 Å². The second kappa shape index (κ2) is 3.24. The molecule has 0 radical (unpaired) electrons. The van der Waals surface area contributed by atoms with Crippen molar-refractivity contribution >= 4 is 17.2 Å². The first-order valence-electron chi connectivity index (χ1n) is 4.41. The van der Waals surface area contributed by atoms with E-state index in [2.05, 4.69) is 4.98 Å². The van der Waals surface area contributed by atoms with Gasteiger partial charge in [-0.05, 0) is 19.1 Å². The van der Waals surface area contributed by atoms with E-state index in [-0.39, 0.29) is 11.3 Å². The van der Waals surface area contributed by atoms with Crippen LogP contribution in [0, 0.1) is 6.92 Å². The summed E-state index contributed by atoms with van der Waals surface area (Å²) in [5.41, 5.74) is 1.23. The molecular weight excluding hydrogens is 194 g/mol. The normalized spacial score (nSPS) is 10.5. The smallest absolute Gasteiger partial charge is 0.226 e. The molecule has 0 saturated carbocycles. The van der Waals surface area contributed by atoms with Gasteiger partial charge in [-0.3, -0.25) is 4.79 Å². The zero-order chi connectivity index (χ0) is 11.0. The summed E-state index contributed by atoms with van der Waals surface area (Å²) < 4.78 is 0. The molecule has 4 heteroatoms. The van der Waals surface area contributed by atoms with Crippen molar-refractivity contribution in [1.29, 1.82) is 0 Å². The van der Waals surface area contributed by atoms with E-state index in [1.54, 1.807) is 12.1 Å². The number of aldehydes is 1. The van der Waals surface area contributed by atoms with Gasteiger partial charge in [-0.15, -0.1) is 0 Å². The average molecular weight is 203 g/mol. The minimum Gasteiger partial charge on any atom is -0.506 e. The molecule has 0 amide bonds. The number of aromatic nitrogens is 1. The maximum atomic E-state index is 10.6. The summed E-state index contributed by atoms with van der Waals surface area (Å²) >= 11 is 0. The molecule has 1 aromatic carbocycles. The maximum Gasteiger partial charge on any atom is 0.226 e. The van der Waals surface area contributed by atoms with Gasteiger partial charge in [0.15, 0.2) is 6.29 Å². The summed E-state index contributed by atoms with van der Waals surface area (Å²) in [7, 11) is 0. The third-order valence-electron chi connectivity index (χ3n) is 2.25. The van der Waals surface area contributed by atoms with Crippen LogP contribution in [0.1, 0.15) is 15.9 Å². The second-order valence-electron chi connectivity index (χ2n) is 3.34. The number of benzene rings is 1. The van der Waals surface area contributed by atoms with Crippen LogP contribution in [0.2, 0.25) is 0 Å². The Morgan fingerprint density at radius 1 is 1.33 bits per heavy atom. The van der Waals surface area contributed by atoms with Gasteiger partial charge in [0.1, 0.15) is 11.3 Å². The maximum absolute atomic E-state index is 10.6. The van der Waals surface area contributed by atoms with Crippen molar-refractivity contribution in [3.63, 3.8) is 0 Å². The average Bonchev–Trinajstić information content (AvgIpc) is 2.20. The zero-order valence-electron chi connectivity index (χ0n) is 8.06. The molecule has 4 nitrogen and oxygen atoms in total. The van der Waals surface area contributed by atoms with Crippen LogP contribution < -0.4 is 0 Å². The van der Waals surface area contributed by atoms with Crippen molar-refractivity contribution in [2.75, 3.05) is 0 Å². The predicted octanol–water partition coefficient (Wildman–Crippen LogP) is 1.77. The monoisotopic (exact) mass is 203 g/mol. The first-order chi connectivity index (χ1) is 7.13. The minimum absolute atomic E-state index is 0.173. The van der Waals surface area contributed by atoms with Gasteiger partial charge in [0.05, 0.1) is 5.52 Å². The number of carbonyl (C=O) groups excluding carboxylic acids is 1. The number of aromatic hydroxyl groups is 2. The molecule has 2 rings (SSSR count). The lowest BCUT2D eigenvalue weighted by Crippen LogP contribution is -1.89. The van der Waals surface area contributed by atoms with Gasteiger partial charge in [0.2, 0.25) is 5.88 Å².